The third-order valence-corrected chi connectivity index (χ3v) is 2.65. The smallest absolute Gasteiger partial charge is 0.397 e. The highest BCUT2D eigenvalue weighted by Gasteiger charge is 2.30. The zero-order valence-corrected chi connectivity index (χ0v) is 12.4. The second-order valence-electron chi connectivity index (χ2n) is 3.82. The molecule has 20 heavy (non-hydrogen) atoms. The summed E-state index contributed by atoms with van der Waals surface area (Å²) in [5.74, 6) is 0. The number of ether oxygens (including phenoxy) is 1. The van der Waals surface area contributed by atoms with E-state index < -0.39 is 10.1 Å². The molecule has 0 unspecified atom stereocenters. The van der Waals surface area contributed by atoms with Crippen molar-refractivity contribution in [2.45, 2.75) is 3.98 Å². The molecule has 0 aliphatic carbocycles. The van der Waals surface area contributed by atoms with Crippen molar-refractivity contribution < 1.29 is 9.53 Å². The maximum absolute atomic E-state index is 12.2. The SMILES string of the molecule is O=C(OC(Cl)(Cl)Cl)N(c1ccccc1)c1ccccc1. The molecule has 6 heteroatoms. The summed E-state index contributed by atoms with van der Waals surface area (Å²) in [6.07, 6.45) is -0.776. The molecule has 0 fully saturated rings. The first-order valence-electron chi connectivity index (χ1n) is 5.67. The van der Waals surface area contributed by atoms with Crippen LogP contribution in [0.4, 0.5) is 16.2 Å². The molecule has 0 aliphatic heterocycles. The summed E-state index contributed by atoms with van der Waals surface area (Å²) < 4.78 is 2.68. The Bertz CT molecular complexity index is 530. The van der Waals surface area contributed by atoms with Gasteiger partial charge in [0.25, 0.3) is 0 Å². The molecule has 2 rings (SSSR count). The number of hydrogen-bond donors (Lipinski definition) is 0. The molecule has 0 aromatic heterocycles. The van der Waals surface area contributed by atoms with Crippen LogP contribution in [-0.2, 0) is 4.74 Å². The normalized spacial score (nSPS) is 10.9. The van der Waals surface area contributed by atoms with Gasteiger partial charge in [0.15, 0.2) is 0 Å². The van der Waals surface area contributed by atoms with E-state index in [1.807, 2.05) is 12.1 Å². The number of benzene rings is 2. The molecule has 0 spiro atoms. The van der Waals surface area contributed by atoms with Gasteiger partial charge in [0.2, 0.25) is 0 Å². The van der Waals surface area contributed by atoms with Gasteiger partial charge in [-0.05, 0) is 59.1 Å². The Labute approximate surface area is 131 Å². The van der Waals surface area contributed by atoms with Gasteiger partial charge in [0.1, 0.15) is 0 Å². The summed E-state index contributed by atoms with van der Waals surface area (Å²) in [5.41, 5.74) is 1.22. The fourth-order valence-electron chi connectivity index (χ4n) is 1.66. The summed E-state index contributed by atoms with van der Waals surface area (Å²) in [6.45, 7) is 0. The fraction of sp³-hybridized carbons (Fsp3) is 0.0714. The van der Waals surface area contributed by atoms with Crippen LogP contribution in [0.25, 0.3) is 0 Å². The van der Waals surface area contributed by atoms with Crippen LogP contribution < -0.4 is 4.90 Å². The van der Waals surface area contributed by atoms with Gasteiger partial charge in [-0.25, -0.2) is 9.69 Å². The van der Waals surface area contributed by atoms with Crippen LogP contribution in [0.15, 0.2) is 60.7 Å². The van der Waals surface area contributed by atoms with Gasteiger partial charge < -0.3 is 4.74 Å². The third-order valence-electron chi connectivity index (χ3n) is 2.41. The van der Waals surface area contributed by atoms with Crippen LogP contribution in [0.2, 0.25) is 0 Å². The molecule has 0 aliphatic rings. The molecule has 3 nitrogen and oxygen atoms in total. The van der Waals surface area contributed by atoms with Gasteiger partial charge in [0, 0.05) is 0 Å². The Morgan fingerprint density at radius 1 is 0.850 bits per heavy atom. The number of rotatable bonds is 2. The summed E-state index contributed by atoms with van der Waals surface area (Å²) in [6, 6.07) is 17.9. The lowest BCUT2D eigenvalue weighted by molar-refractivity contribution is 0.155. The molecule has 2 aromatic carbocycles. The minimum Gasteiger partial charge on any atom is -0.397 e. The Morgan fingerprint density at radius 2 is 1.25 bits per heavy atom. The van der Waals surface area contributed by atoms with Crippen LogP contribution >= 0.6 is 34.8 Å². The van der Waals surface area contributed by atoms with E-state index in [0.717, 1.165) is 0 Å². The van der Waals surface area contributed by atoms with Gasteiger partial charge in [-0.15, -0.1) is 0 Å². The van der Waals surface area contributed by atoms with Crippen molar-refractivity contribution in [1.82, 2.24) is 0 Å². The highest BCUT2D eigenvalue weighted by molar-refractivity contribution is 6.66. The van der Waals surface area contributed by atoms with Crippen molar-refractivity contribution in [2.75, 3.05) is 4.90 Å². The molecule has 0 saturated heterocycles. The summed E-state index contributed by atoms with van der Waals surface area (Å²) in [5, 5.41) is 0. The van der Waals surface area contributed by atoms with Crippen molar-refractivity contribution in [3.05, 3.63) is 60.7 Å². The zero-order chi connectivity index (χ0) is 14.6. The van der Waals surface area contributed by atoms with Gasteiger partial charge in [-0.2, -0.15) is 0 Å². The van der Waals surface area contributed by atoms with E-state index in [4.69, 9.17) is 39.5 Å². The monoisotopic (exact) mass is 329 g/mol. The van der Waals surface area contributed by atoms with Gasteiger partial charge in [-0.3, -0.25) is 0 Å². The summed E-state index contributed by atoms with van der Waals surface area (Å²) in [4.78, 5) is 13.5. The zero-order valence-electron chi connectivity index (χ0n) is 10.2. The van der Waals surface area contributed by atoms with E-state index in [1.165, 1.54) is 4.90 Å². The van der Waals surface area contributed by atoms with Crippen molar-refractivity contribution in [3.8, 4) is 0 Å². The molecular weight excluding hydrogens is 321 g/mol. The van der Waals surface area contributed by atoms with Crippen molar-refractivity contribution in [1.29, 1.82) is 0 Å². The van der Waals surface area contributed by atoms with E-state index in [1.54, 1.807) is 48.5 Å². The molecule has 0 atom stereocenters. The number of amides is 1. The number of halogens is 3. The van der Waals surface area contributed by atoms with Gasteiger partial charge >= 0.3 is 10.1 Å². The summed E-state index contributed by atoms with van der Waals surface area (Å²) >= 11 is 16.5. The first kappa shape index (κ1) is 15.0. The number of nitrogens with zero attached hydrogens (tertiary/aromatic N) is 1. The first-order valence-corrected chi connectivity index (χ1v) is 6.81. The second-order valence-corrected chi connectivity index (χ2v) is 6.00. The molecule has 0 radical (unpaired) electrons. The van der Waals surface area contributed by atoms with E-state index >= 15 is 0 Å². The highest BCUT2D eigenvalue weighted by atomic mass is 35.6. The molecule has 2 aromatic rings. The Hall–Kier alpha value is -1.42. The molecular formula is C14H10Cl3NO2. The first-order chi connectivity index (χ1) is 9.47. The minimum absolute atomic E-state index is 0.609. The number of hydrogen-bond acceptors (Lipinski definition) is 2. The predicted octanol–water partition coefficient (Wildman–Crippen LogP) is 5.29. The average molecular weight is 331 g/mol. The number of carbonyl (C=O) groups is 1. The van der Waals surface area contributed by atoms with Crippen LogP contribution in [0.5, 0.6) is 0 Å². The standard InChI is InChI=1S/C14H10Cl3NO2/c15-14(16,17)20-13(19)18(11-7-3-1-4-8-11)12-9-5-2-6-10-12/h1-10H. The Kier molecular flexibility index (Phi) is 4.76. The Balaban J connectivity index is 2.38. The quantitative estimate of drug-likeness (QED) is 0.700. The van der Waals surface area contributed by atoms with Crippen LogP contribution in [0.3, 0.4) is 0 Å². The maximum Gasteiger partial charge on any atom is 0.422 e. The van der Waals surface area contributed by atoms with E-state index in [9.17, 15) is 4.79 Å². The number of anilines is 2. The summed E-state index contributed by atoms with van der Waals surface area (Å²) in [7, 11) is 0. The number of alkyl halides is 3. The molecule has 104 valence electrons. The maximum atomic E-state index is 12.2. The lowest BCUT2D eigenvalue weighted by Crippen LogP contribution is -2.30. The average Bonchev–Trinajstić information content (AvgIpc) is 2.39. The van der Waals surface area contributed by atoms with E-state index in [0.29, 0.717) is 11.4 Å². The molecule has 1 amide bonds. The molecule has 0 heterocycles. The third kappa shape index (κ3) is 4.04. The van der Waals surface area contributed by atoms with Gasteiger partial charge in [-0.1, -0.05) is 36.4 Å². The van der Waals surface area contributed by atoms with E-state index in [-0.39, 0.29) is 0 Å². The fourth-order valence-corrected chi connectivity index (χ4v) is 1.86. The predicted molar refractivity (Wildman–Crippen MR) is 81.8 cm³/mol. The van der Waals surface area contributed by atoms with E-state index in [2.05, 4.69) is 0 Å². The number of para-hydroxylation sites is 2. The van der Waals surface area contributed by atoms with Crippen LogP contribution in [-0.4, -0.2) is 10.1 Å². The lowest BCUT2D eigenvalue weighted by Gasteiger charge is -2.24. The molecule has 0 bridgehead atoms. The van der Waals surface area contributed by atoms with Crippen LogP contribution in [0, 0.1) is 0 Å². The molecule has 0 N–H and O–H groups in total. The van der Waals surface area contributed by atoms with Crippen molar-refractivity contribution in [2.24, 2.45) is 0 Å². The largest absolute Gasteiger partial charge is 0.422 e. The van der Waals surface area contributed by atoms with Crippen LogP contribution in [0.1, 0.15) is 0 Å². The molecule has 0 saturated carbocycles. The Morgan fingerprint density at radius 3 is 1.60 bits per heavy atom. The minimum atomic E-state index is -2.11. The lowest BCUT2D eigenvalue weighted by atomic mass is 10.2. The topological polar surface area (TPSA) is 29.5 Å². The number of carbonyl (C=O) groups excluding carboxylic acids is 1. The van der Waals surface area contributed by atoms with Crippen molar-refractivity contribution >= 4 is 52.3 Å². The second kappa shape index (κ2) is 6.35. The highest BCUT2D eigenvalue weighted by Crippen LogP contribution is 2.32. The van der Waals surface area contributed by atoms with Gasteiger partial charge in [0.05, 0.1) is 11.4 Å². The van der Waals surface area contributed by atoms with Crippen molar-refractivity contribution in [3.63, 3.8) is 0 Å².